The van der Waals surface area contributed by atoms with Crippen molar-refractivity contribution in [1.82, 2.24) is 0 Å². The third-order valence-corrected chi connectivity index (χ3v) is 2.80. The molecule has 2 aromatic rings. The molecule has 0 bridgehead atoms. The van der Waals surface area contributed by atoms with Gasteiger partial charge in [-0.05, 0) is 24.3 Å². The molecular formula is C16H18O4. The number of aliphatic hydroxyl groups is 1. The summed E-state index contributed by atoms with van der Waals surface area (Å²) in [5, 5.41) is 9.26. The molecule has 0 atom stereocenters. The lowest BCUT2D eigenvalue weighted by atomic mass is 10.2. The summed E-state index contributed by atoms with van der Waals surface area (Å²) in [6.07, 6.45) is 0. The second-order valence-corrected chi connectivity index (χ2v) is 4.14. The number of benzene rings is 2. The minimum atomic E-state index is -0.0706. The van der Waals surface area contributed by atoms with Crippen LogP contribution in [0.25, 0.3) is 0 Å². The lowest BCUT2D eigenvalue weighted by Crippen LogP contribution is -2.10. The van der Waals surface area contributed by atoms with Crippen LogP contribution in [0.3, 0.4) is 0 Å². The largest absolute Gasteiger partial charge is 0.497 e. The summed E-state index contributed by atoms with van der Waals surface area (Å²) < 4.78 is 16.3. The monoisotopic (exact) mass is 274 g/mol. The lowest BCUT2D eigenvalue weighted by molar-refractivity contribution is 0.209. The average molecular weight is 274 g/mol. The first-order chi connectivity index (χ1) is 9.83. The van der Waals surface area contributed by atoms with E-state index >= 15 is 0 Å². The standard InChI is InChI=1S/C16H18O4/c1-18-15-8-7-13(12-17)16(11-15)20-10-9-19-14-5-3-2-4-6-14/h2-8,11,17H,9-10,12H2,1H3. The van der Waals surface area contributed by atoms with E-state index in [0.717, 1.165) is 11.3 Å². The van der Waals surface area contributed by atoms with Crippen LogP contribution in [0.5, 0.6) is 17.2 Å². The average Bonchev–Trinajstić information content (AvgIpc) is 2.52. The first-order valence-corrected chi connectivity index (χ1v) is 6.42. The van der Waals surface area contributed by atoms with Crippen LogP contribution in [0, 0.1) is 0 Å². The van der Waals surface area contributed by atoms with Gasteiger partial charge in [0, 0.05) is 11.6 Å². The molecule has 0 amide bonds. The van der Waals surface area contributed by atoms with Crippen molar-refractivity contribution in [3.8, 4) is 17.2 Å². The molecule has 1 N–H and O–H groups in total. The summed E-state index contributed by atoms with van der Waals surface area (Å²) in [5.74, 6) is 2.12. The molecule has 2 aromatic carbocycles. The predicted octanol–water partition coefficient (Wildman–Crippen LogP) is 2.65. The third kappa shape index (κ3) is 3.90. The number of hydrogen-bond acceptors (Lipinski definition) is 4. The fourth-order valence-corrected chi connectivity index (χ4v) is 1.75. The fourth-order valence-electron chi connectivity index (χ4n) is 1.75. The van der Waals surface area contributed by atoms with Crippen molar-refractivity contribution in [2.45, 2.75) is 6.61 Å². The molecule has 4 heteroatoms. The van der Waals surface area contributed by atoms with E-state index in [-0.39, 0.29) is 6.61 Å². The summed E-state index contributed by atoms with van der Waals surface area (Å²) >= 11 is 0. The number of methoxy groups -OCH3 is 1. The van der Waals surface area contributed by atoms with Gasteiger partial charge in [-0.3, -0.25) is 0 Å². The van der Waals surface area contributed by atoms with Crippen LogP contribution in [-0.2, 0) is 6.61 Å². The Morgan fingerprint density at radius 1 is 0.900 bits per heavy atom. The molecule has 2 rings (SSSR count). The van der Waals surface area contributed by atoms with Gasteiger partial charge in [0.05, 0.1) is 13.7 Å². The molecule has 0 aromatic heterocycles. The van der Waals surface area contributed by atoms with Gasteiger partial charge in [0.1, 0.15) is 30.5 Å². The summed E-state index contributed by atoms with van der Waals surface area (Å²) in [7, 11) is 1.59. The first kappa shape index (κ1) is 14.2. The van der Waals surface area contributed by atoms with Gasteiger partial charge < -0.3 is 19.3 Å². The fraction of sp³-hybridized carbons (Fsp3) is 0.250. The Kier molecular flexibility index (Phi) is 5.26. The van der Waals surface area contributed by atoms with Crippen molar-refractivity contribution in [3.05, 3.63) is 54.1 Å². The maximum atomic E-state index is 9.26. The van der Waals surface area contributed by atoms with Crippen molar-refractivity contribution < 1.29 is 19.3 Å². The van der Waals surface area contributed by atoms with Crippen LogP contribution in [0.15, 0.2) is 48.5 Å². The van der Waals surface area contributed by atoms with Gasteiger partial charge in [0.2, 0.25) is 0 Å². The van der Waals surface area contributed by atoms with Gasteiger partial charge in [-0.15, -0.1) is 0 Å². The van der Waals surface area contributed by atoms with E-state index < -0.39 is 0 Å². The molecule has 0 spiro atoms. The van der Waals surface area contributed by atoms with Crippen LogP contribution in [-0.4, -0.2) is 25.4 Å². The maximum Gasteiger partial charge on any atom is 0.128 e. The van der Waals surface area contributed by atoms with Crippen molar-refractivity contribution >= 4 is 0 Å². The van der Waals surface area contributed by atoms with Crippen LogP contribution in [0.1, 0.15) is 5.56 Å². The number of para-hydroxylation sites is 1. The summed E-state index contributed by atoms with van der Waals surface area (Å²) in [6, 6.07) is 14.9. The molecule has 0 fully saturated rings. The number of ether oxygens (including phenoxy) is 3. The Morgan fingerprint density at radius 3 is 2.35 bits per heavy atom. The smallest absolute Gasteiger partial charge is 0.128 e. The van der Waals surface area contributed by atoms with Gasteiger partial charge in [0.15, 0.2) is 0 Å². The van der Waals surface area contributed by atoms with Gasteiger partial charge in [-0.25, -0.2) is 0 Å². The highest BCUT2D eigenvalue weighted by atomic mass is 16.5. The lowest BCUT2D eigenvalue weighted by Gasteiger charge is -2.12. The Labute approximate surface area is 118 Å². The third-order valence-electron chi connectivity index (χ3n) is 2.80. The highest BCUT2D eigenvalue weighted by Gasteiger charge is 2.05. The second-order valence-electron chi connectivity index (χ2n) is 4.14. The Morgan fingerprint density at radius 2 is 1.65 bits per heavy atom. The second kappa shape index (κ2) is 7.40. The van der Waals surface area contributed by atoms with Gasteiger partial charge >= 0.3 is 0 Å². The van der Waals surface area contributed by atoms with Crippen LogP contribution in [0.4, 0.5) is 0 Å². The summed E-state index contributed by atoms with van der Waals surface area (Å²) in [4.78, 5) is 0. The molecule has 0 aliphatic carbocycles. The van der Waals surface area contributed by atoms with E-state index in [9.17, 15) is 5.11 Å². The molecular weight excluding hydrogens is 256 g/mol. The zero-order valence-corrected chi connectivity index (χ0v) is 11.4. The molecule has 0 aliphatic heterocycles. The molecule has 0 radical (unpaired) electrons. The molecule has 0 saturated heterocycles. The highest BCUT2D eigenvalue weighted by molar-refractivity contribution is 5.40. The van der Waals surface area contributed by atoms with Gasteiger partial charge in [-0.2, -0.15) is 0 Å². The topological polar surface area (TPSA) is 47.9 Å². The van der Waals surface area contributed by atoms with E-state index in [4.69, 9.17) is 14.2 Å². The van der Waals surface area contributed by atoms with E-state index in [1.165, 1.54) is 0 Å². The molecule has 0 heterocycles. The maximum absolute atomic E-state index is 9.26. The SMILES string of the molecule is COc1ccc(CO)c(OCCOc2ccccc2)c1. The van der Waals surface area contributed by atoms with Gasteiger partial charge in [0.25, 0.3) is 0 Å². The molecule has 106 valence electrons. The van der Waals surface area contributed by atoms with E-state index in [1.807, 2.05) is 30.3 Å². The summed E-state index contributed by atoms with van der Waals surface area (Å²) in [6.45, 7) is 0.764. The first-order valence-electron chi connectivity index (χ1n) is 6.42. The quantitative estimate of drug-likeness (QED) is 0.789. The number of rotatable bonds is 7. The molecule has 0 aliphatic rings. The zero-order valence-electron chi connectivity index (χ0n) is 11.4. The van der Waals surface area contributed by atoms with E-state index in [2.05, 4.69) is 0 Å². The van der Waals surface area contributed by atoms with Crippen molar-refractivity contribution in [2.24, 2.45) is 0 Å². The number of aliphatic hydroxyl groups excluding tert-OH is 1. The van der Waals surface area contributed by atoms with Crippen molar-refractivity contribution in [1.29, 1.82) is 0 Å². The van der Waals surface area contributed by atoms with Crippen LogP contribution < -0.4 is 14.2 Å². The van der Waals surface area contributed by atoms with Crippen molar-refractivity contribution in [3.63, 3.8) is 0 Å². The van der Waals surface area contributed by atoms with Gasteiger partial charge in [-0.1, -0.05) is 18.2 Å². The molecule has 4 nitrogen and oxygen atoms in total. The van der Waals surface area contributed by atoms with Crippen LogP contribution >= 0.6 is 0 Å². The zero-order chi connectivity index (χ0) is 14.2. The van der Waals surface area contributed by atoms with E-state index in [1.54, 1.807) is 25.3 Å². The highest BCUT2D eigenvalue weighted by Crippen LogP contribution is 2.24. The molecule has 20 heavy (non-hydrogen) atoms. The van der Waals surface area contributed by atoms with E-state index in [0.29, 0.717) is 24.7 Å². The van der Waals surface area contributed by atoms with Crippen molar-refractivity contribution in [2.75, 3.05) is 20.3 Å². The molecule has 0 saturated carbocycles. The minimum Gasteiger partial charge on any atom is -0.497 e. The predicted molar refractivity (Wildman–Crippen MR) is 76.3 cm³/mol. The Bertz CT molecular complexity index is 525. The normalized spacial score (nSPS) is 10.1. The Hall–Kier alpha value is -2.20. The molecule has 0 unspecified atom stereocenters. The minimum absolute atomic E-state index is 0.0706. The number of hydrogen-bond donors (Lipinski definition) is 1. The summed E-state index contributed by atoms with van der Waals surface area (Å²) in [5.41, 5.74) is 0.727. The van der Waals surface area contributed by atoms with Crippen LogP contribution in [0.2, 0.25) is 0 Å². The Balaban J connectivity index is 1.87.